The molecule has 0 bridgehead atoms. The van der Waals surface area contributed by atoms with Crippen molar-refractivity contribution in [2.45, 2.75) is 12.8 Å². The van der Waals surface area contributed by atoms with Gasteiger partial charge in [0.25, 0.3) is 0 Å². The number of likely N-dealkylation sites (N-methyl/N-ethyl adjacent to an activating group) is 1. The molecule has 1 aliphatic rings. The molecular formula is C16H16BrFN4O2S. The van der Waals surface area contributed by atoms with Crippen LogP contribution in [0.15, 0.2) is 28.1 Å². The highest BCUT2D eigenvalue weighted by Crippen LogP contribution is 2.25. The van der Waals surface area contributed by atoms with Crippen molar-refractivity contribution in [1.82, 2.24) is 10.3 Å². The summed E-state index contributed by atoms with van der Waals surface area (Å²) in [5.41, 5.74) is 0.770. The molecule has 1 aliphatic heterocycles. The van der Waals surface area contributed by atoms with Crippen LogP contribution in [-0.2, 0) is 11.2 Å². The van der Waals surface area contributed by atoms with Crippen LogP contribution >= 0.6 is 27.3 Å². The van der Waals surface area contributed by atoms with Crippen molar-refractivity contribution in [2.75, 3.05) is 29.9 Å². The third-order valence-corrected chi connectivity index (χ3v) is 5.23. The van der Waals surface area contributed by atoms with Crippen LogP contribution in [0.5, 0.6) is 0 Å². The first-order chi connectivity index (χ1) is 12.0. The molecule has 2 heterocycles. The van der Waals surface area contributed by atoms with Gasteiger partial charge in [-0.05, 0) is 24.6 Å². The minimum Gasteiger partial charge on any atom is -0.338 e. The van der Waals surface area contributed by atoms with E-state index in [1.807, 2.05) is 0 Å². The van der Waals surface area contributed by atoms with E-state index in [4.69, 9.17) is 0 Å². The van der Waals surface area contributed by atoms with Gasteiger partial charge in [-0.2, -0.15) is 0 Å². The Hall–Kier alpha value is -2.00. The number of thiazole rings is 1. The number of carbonyl (C=O) groups excluding carboxylic acids is 2. The summed E-state index contributed by atoms with van der Waals surface area (Å²) in [6, 6.07) is 4.36. The van der Waals surface area contributed by atoms with Gasteiger partial charge in [0.2, 0.25) is 5.91 Å². The van der Waals surface area contributed by atoms with Crippen LogP contribution in [0.25, 0.3) is 0 Å². The van der Waals surface area contributed by atoms with E-state index >= 15 is 0 Å². The first kappa shape index (κ1) is 17.8. The third-order valence-electron chi connectivity index (χ3n) is 3.83. The van der Waals surface area contributed by atoms with Crippen LogP contribution < -0.4 is 15.1 Å². The first-order valence-corrected chi connectivity index (χ1v) is 9.34. The van der Waals surface area contributed by atoms with Crippen molar-refractivity contribution in [3.05, 3.63) is 39.6 Å². The number of anilines is 2. The highest BCUT2D eigenvalue weighted by atomic mass is 79.9. The molecule has 0 unspecified atom stereocenters. The zero-order chi connectivity index (χ0) is 18.0. The zero-order valence-electron chi connectivity index (χ0n) is 13.5. The van der Waals surface area contributed by atoms with Crippen LogP contribution in [0, 0.1) is 5.82 Å². The topological polar surface area (TPSA) is 65.5 Å². The SMILES string of the molecule is CN(C(=O)Cc1csc(N2CCCNC2=O)n1)c1ccc(Br)cc1F. The average Bonchev–Trinajstić information content (AvgIpc) is 3.03. The molecule has 25 heavy (non-hydrogen) atoms. The molecule has 2 aromatic rings. The number of urea groups is 1. The fourth-order valence-corrected chi connectivity index (χ4v) is 3.66. The van der Waals surface area contributed by atoms with Crippen molar-refractivity contribution >= 4 is 50.0 Å². The molecule has 6 nitrogen and oxygen atoms in total. The minimum atomic E-state index is -0.478. The van der Waals surface area contributed by atoms with Crippen molar-refractivity contribution in [1.29, 1.82) is 0 Å². The fourth-order valence-electron chi connectivity index (χ4n) is 2.47. The van der Waals surface area contributed by atoms with Gasteiger partial charge in [-0.1, -0.05) is 15.9 Å². The van der Waals surface area contributed by atoms with Gasteiger partial charge in [-0.25, -0.2) is 14.2 Å². The van der Waals surface area contributed by atoms with E-state index in [-0.39, 0.29) is 24.0 Å². The summed E-state index contributed by atoms with van der Waals surface area (Å²) >= 11 is 4.51. The second kappa shape index (κ2) is 7.49. The van der Waals surface area contributed by atoms with E-state index in [1.165, 1.54) is 29.4 Å². The lowest BCUT2D eigenvalue weighted by atomic mass is 10.2. The van der Waals surface area contributed by atoms with E-state index in [0.717, 1.165) is 6.42 Å². The molecule has 132 valence electrons. The molecule has 1 N–H and O–H groups in total. The van der Waals surface area contributed by atoms with E-state index in [9.17, 15) is 14.0 Å². The van der Waals surface area contributed by atoms with Crippen molar-refractivity contribution < 1.29 is 14.0 Å². The van der Waals surface area contributed by atoms with Crippen LogP contribution in [0.3, 0.4) is 0 Å². The summed E-state index contributed by atoms with van der Waals surface area (Å²) in [5.74, 6) is -0.754. The number of amides is 3. The van der Waals surface area contributed by atoms with E-state index in [2.05, 4.69) is 26.2 Å². The number of carbonyl (C=O) groups is 2. The standard InChI is InChI=1S/C16H16BrFN4O2S/c1-21(13-4-3-10(17)7-12(13)18)14(23)8-11-9-25-16(20-11)22-6-2-5-19-15(22)24/h3-4,7,9H,2,5-6,8H2,1H3,(H,19,24). The number of hydrogen-bond acceptors (Lipinski definition) is 4. The molecule has 0 spiro atoms. The Morgan fingerprint density at radius 2 is 2.32 bits per heavy atom. The molecule has 1 aromatic heterocycles. The quantitative estimate of drug-likeness (QED) is 0.816. The summed E-state index contributed by atoms with van der Waals surface area (Å²) in [6.45, 7) is 1.27. The molecule has 0 aliphatic carbocycles. The predicted molar refractivity (Wildman–Crippen MR) is 98.7 cm³/mol. The highest BCUT2D eigenvalue weighted by Gasteiger charge is 2.23. The lowest BCUT2D eigenvalue weighted by Crippen LogP contribution is -2.46. The largest absolute Gasteiger partial charge is 0.338 e. The molecule has 9 heteroatoms. The number of aromatic nitrogens is 1. The maximum absolute atomic E-state index is 14.0. The Balaban J connectivity index is 1.69. The van der Waals surface area contributed by atoms with E-state index in [1.54, 1.807) is 22.4 Å². The number of nitrogens with one attached hydrogen (secondary N) is 1. The van der Waals surface area contributed by atoms with Crippen LogP contribution in [-0.4, -0.2) is 37.1 Å². The van der Waals surface area contributed by atoms with Gasteiger partial charge < -0.3 is 10.2 Å². The van der Waals surface area contributed by atoms with Gasteiger partial charge in [0.15, 0.2) is 5.13 Å². The maximum Gasteiger partial charge on any atom is 0.323 e. The smallest absolute Gasteiger partial charge is 0.323 e. The zero-order valence-corrected chi connectivity index (χ0v) is 15.9. The summed E-state index contributed by atoms with van der Waals surface area (Å²) in [7, 11) is 1.53. The van der Waals surface area contributed by atoms with Gasteiger partial charge in [0, 0.05) is 30.0 Å². The highest BCUT2D eigenvalue weighted by molar-refractivity contribution is 9.10. The second-order valence-electron chi connectivity index (χ2n) is 5.58. The van der Waals surface area contributed by atoms with Crippen molar-refractivity contribution in [2.24, 2.45) is 0 Å². The molecule has 0 atom stereocenters. The summed E-state index contributed by atoms with van der Waals surface area (Å²) in [6.07, 6.45) is 0.892. The molecule has 1 aromatic carbocycles. The van der Waals surface area contributed by atoms with Gasteiger partial charge in [-0.15, -0.1) is 11.3 Å². The van der Waals surface area contributed by atoms with Gasteiger partial charge in [0.1, 0.15) is 5.82 Å². The molecule has 1 saturated heterocycles. The number of nitrogens with zero attached hydrogens (tertiary/aromatic N) is 3. The normalized spacial score (nSPS) is 14.4. The second-order valence-corrected chi connectivity index (χ2v) is 7.34. The molecule has 1 fully saturated rings. The van der Waals surface area contributed by atoms with Gasteiger partial charge in [-0.3, -0.25) is 9.69 Å². The molecule has 0 radical (unpaired) electrons. The maximum atomic E-state index is 14.0. The van der Waals surface area contributed by atoms with Crippen molar-refractivity contribution in [3.63, 3.8) is 0 Å². The fraction of sp³-hybridized carbons (Fsp3) is 0.312. The van der Waals surface area contributed by atoms with Crippen LogP contribution in [0.1, 0.15) is 12.1 Å². The number of benzene rings is 1. The number of hydrogen-bond donors (Lipinski definition) is 1. The first-order valence-electron chi connectivity index (χ1n) is 7.67. The van der Waals surface area contributed by atoms with Gasteiger partial charge in [0.05, 0.1) is 17.8 Å². The Kier molecular flexibility index (Phi) is 5.33. The van der Waals surface area contributed by atoms with Gasteiger partial charge >= 0.3 is 6.03 Å². The van der Waals surface area contributed by atoms with Crippen molar-refractivity contribution in [3.8, 4) is 0 Å². The summed E-state index contributed by atoms with van der Waals surface area (Å²) < 4.78 is 14.6. The Bertz CT molecular complexity index is 813. The van der Waals surface area contributed by atoms with E-state index in [0.29, 0.717) is 28.4 Å². The Morgan fingerprint density at radius 3 is 3.04 bits per heavy atom. The molecule has 3 rings (SSSR count). The van der Waals surface area contributed by atoms with E-state index < -0.39 is 5.82 Å². The molecular weight excluding hydrogens is 411 g/mol. The summed E-state index contributed by atoms with van der Waals surface area (Å²) in [4.78, 5) is 31.5. The number of rotatable bonds is 4. The minimum absolute atomic E-state index is 0.0396. The van der Waals surface area contributed by atoms with Crippen LogP contribution in [0.2, 0.25) is 0 Å². The lowest BCUT2D eigenvalue weighted by Gasteiger charge is -2.24. The Labute approximate surface area is 156 Å². The molecule has 0 saturated carbocycles. The predicted octanol–water partition coefficient (Wildman–Crippen LogP) is 3.17. The number of halogens is 2. The third kappa shape index (κ3) is 3.98. The molecule has 3 amide bonds. The average molecular weight is 427 g/mol. The lowest BCUT2D eigenvalue weighted by molar-refractivity contribution is -0.117. The van der Waals surface area contributed by atoms with Crippen LogP contribution in [0.4, 0.5) is 20.0 Å². The summed E-state index contributed by atoms with van der Waals surface area (Å²) in [5, 5.41) is 5.08. The monoisotopic (exact) mass is 426 g/mol. The Morgan fingerprint density at radius 1 is 1.52 bits per heavy atom.